The topological polar surface area (TPSA) is 49.4 Å². The lowest BCUT2D eigenvalue weighted by atomic mass is 9.81. The van der Waals surface area contributed by atoms with Crippen molar-refractivity contribution in [2.45, 2.75) is 54.0 Å². The maximum Gasteiger partial charge on any atom is 0.245 e. The molecule has 3 atom stereocenters. The minimum absolute atomic E-state index is 0.0361. The standard InChI is InChI=1S/C15H28N2O2/c1-7-10(2)13-14(19)17(9-12(18)16-13)8-11(3)15(4,5)6/h10-11,13H,7-9H2,1-6H3,(H,16,18). The lowest BCUT2D eigenvalue weighted by Gasteiger charge is -2.39. The van der Waals surface area contributed by atoms with E-state index in [1.54, 1.807) is 4.90 Å². The Morgan fingerprint density at radius 1 is 1.32 bits per heavy atom. The van der Waals surface area contributed by atoms with E-state index in [2.05, 4.69) is 33.0 Å². The Morgan fingerprint density at radius 2 is 1.89 bits per heavy atom. The van der Waals surface area contributed by atoms with E-state index in [0.717, 1.165) is 6.42 Å². The van der Waals surface area contributed by atoms with Gasteiger partial charge in [0, 0.05) is 6.54 Å². The molecule has 1 N–H and O–H groups in total. The van der Waals surface area contributed by atoms with Gasteiger partial charge in [-0.15, -0.1) is 0 Å². The lowest BCUT2D eigenvalue weighted by molar-refractivity contribution is -0.146. The van der Waals surface area contributed by atoms with Gasteiger partial charge in [-0.25, -0.2) is 0 Å². The average Bonchev–Trinajstić information content (AvgIpc) is 2.31. The Kier molecular flexibility index (Phi) is 4.99. The number of nitrogens with zero attached hydrogens (tertiary/aromatic N) is 1. The van der Waals surface area contributed by atoms with Gasteiger partial charge >= 0.3 is 0 Å². The van der Waals surface area contributed by atoms with Gasteiger partial charge < -0.3 is 10.2 Å². The smallest absolute Gasteiger partial charge is 0.245 e. The van der Waals surface area contributed by atoms with E-state index in [0.29, 0.717) is 12.5 Å². The van der Waals surface area contributed by atoms with Crippen molar-refractivity contribution in [2.24, 2.45) is 17.3 Å². The minimum atomic E-state index is -0.349. The van der Waals surface area contributed by atoms with Crippen LogP contribution in [-0.4, -0.2) is 35.8 Å². The first kappa shape index (κ1) is 16.0. The van der Waals surface area contributed by atoms with E-state index in [1.807, 2.05) is 13.8 Å². The predicted octanol–water partition coefficient (Wildman–Crippen LogP) is 2.04. The number of rotatable bonds is 4. The highest BCUT2D eigenvalue weighted by molar-refractivity contribution is 5.95. The largest absolute Gasteiger partial charge is 0.342 e. The van der Waals surface area contributed by atoms with Crippen LogP contribution in [0.25, 0.3) is 0 Å². The average molecular weight is 268 g/mol. The van der Waals surface area contributed by atoms with Crippen LogP contribution in [0.5, 0.6) is 0 Å². The summed E-state index contributed by atoms with van der Waals surface area (Å²) in [5.74, 6) is 0.584. The third-order valence-electron chi connectivity index (χ3n) is 4.41. The summed E-state index contributed by atoms with van der Waals surface area (Å²) in [7, 11) is 0. The fourth-order valence-corrected chi connectivity index (χ4v) is 2.11. The SMILES string of the molecule is CCC(C)C1NC(=O)CN(CC(C)C(C)(C)C)C1=O. The molecule has 0 aromatic carbocycles. The van der Waals surface area contributed by atoms with E-state index >= 15 is 0 Å². The van der Waals surface area contributed by atoms with Gasteiger partial charge in [0.1, 0.15) is 6.04 Å². The van der Waals surface area contributed by atoms with Gasteiger partial charge in [0.25, 0.3) is 0 Å². The maximum atomic E-state index is 12.4. The number of amides is 2. The molecule has 4 heteroatoms. The summed E-state index contributed by atoms with van der Waals surface area (Å²) in [6.07, 6.45) is 0.888. The zero-order chi connectivity index (χ0) is 14.8. The highest BCUT2D eigenvalue weighted by Gasteiger charge is 2.36. The zero-order valence-corrected chi connectivity index (χ0v) is 13.1. The van der Waals surface area contributed by atoms with Crippen LogP contribution in [0.1, 0.15) is 48.0 Å². The first-order valence-electron chi connectivity index (χ1n) is 7.25. The predicted molar refractivity (Wildman–Crippen MR) is 76.6 cm³/mol. The van der Waals surface area contributed by atoms with Crippen molar-refractivity contribution in [3.8, 4) is 0 Å². The van der Waals surface area contributed by atoms with Crippen molar-refractivity contribution < 1.29 is 9.59 Å². The number of piperazine rings is 1. The molecule has 0 spiro atoms. The molecule has 0 saturated carbocycles. The highest BCUT2D eigenvalue weighted by atomic mass is 16.2. The molecular weight excluding hydrogens is 240 g/mol. The minimum Gasteiger partial charge on any atom is -0.342 e. The summed E-state index contributed by atoms with van der Waals surface area (Å²) in [4.78, 5) is 25.9. The molecule has 4 nitrogen and oxygen atoms in total. The second-order valence-corrected chi connectivity index (χ2v) is 6.92. The summed E-state index contributed by atoms with van der Waals surface area (Å²) in [6, 6.07) is -0.349. The molecule has 1 saturated heterocycles. The van der Waals surface area contributed by atoms with Crippen molar-refractivity contribution in [1.82, 2.24) is 10.2 Å². The third-order valence-corrected chi connectivity index (χ3v) is 4.41. The Hall–Kier alpha value is -1.06. The number of hydrogen-bond donors (Lipinski definition) is 1. The van der Waals surface area contributed by atoms with Crippen LogP contribution >= 0.6 is 0 Å². The van der Waals surface area contributed by atoms with Crippen LogP contribution in [0.4, 0.5) is 0 Å². The highest BCUT2D eigenvalue weighted by Crippen LogP contribution is 2.27. The molecule has 3 unspecified atom stereocenters. The van der Waals surface area contributed by atoms with Crippen LogP contribution in [0.15, 0.2) is 0 Å². The third kappa shape index (κ3) is 3.95. The number of hydrogen-bond acceptors (Lipinski definition) is 2. The molecule has 1 rings (SSSR count). The molecule has 0 aromatic heterocycles. The summed E-state index contributed by atoms with van der Waals surface area (Å²) in [6.45, 7) is 13.5. The van der Waals surface area contributed by atoms with E-state index in [9.17, 15) is 9.59 Å². The zero-order valence-electron chi connectivity index (χ0n) is 13.1. The normalized spacial score (nSPS) is 24.1. The molecule has 110 valence electrons. The molecule has 0 bridgehead atoms. The van der Waals surface area contributed by atoms with Crippen molar-refractivity contribution in [3.05, 3.63) is 0 Å². The molecule has 1 aliphatic heterocycles. The van der Waals surface area contributed by atoms with Gasteiger partial charge in [-0.1, -0.05) is 48.0 Å². The number of nitrogens with one attached hydrogen (secondary N) is 1. The van der Waals surface area contributed by atoms with Gasteiger partial charge in [0.05, 0.1) is 6.54 Å². The molecule has 1 heterocycles. The van der Waals surface area contributed by atoms with E-state index in [-0.39, 0.29) is 35.7 Å². The van der Waals surface area contributed by atoms with Gasteiger partial charge in [0.15, 0.2) is 0 Å². The van der Waals surface area contributed by atoms with Crippen LogP contribution in [-0.2, 0) is 9.59 Å². The second kappa shape index (κ2) is 5.93. The maximum absolute atomic E-state index is 12.4. The summed E-state index contributed by atoms with van der Waals surface area (Å²) >= 11 is 0. The van der Waals surface area contributed by atoms with Gasteiger partial charge in [0.2, 0.25) is 11.8 Å². The van der Waals surface area contributed by atoms with Gasteiger partial charge in [-0.2, -0.15) is 0 Å². The van der Waals surface area contributed by atoms with Crippen molar-refractivity contribution in [1.29, 1.82) is 0 Å². The van der Waals surface area contributed by atoms with Crippen LogP contribution in [0.3, 0.4) is 0 Å². The van der Waals surface area contributed by atoms with Crippen molar-refractivity contribution in [3.63, 3.8) is 0 Å². The second-order valence-electron chi connectivity index (χ2n) is 6.92. The van der Waals surface area contributed by atoms with Crippen LogP contribution in [0.2, 0.25) is 0 Å². The van der Waals surface area contributed by atoms with Crippen molar-refractivity contribution >= 4 is 11.8 Å². The van der Waals surface area contributed by atoms with Crippen LogP contribution in [0, 0.1) is 17.3 Å². The Labute approximate surface area is 116 Å². The molecule has 19 heavy (non-hydrogen) atoms. The lowest BCUT2D eigenvalue weighted by Crippen LogP contribution is -2.61. The molecule has 1 aliphatic rings. The van der Waals surface area contributed by atoms with E-state index in [1.165, 1.54) is 0 Å². The van der Waals surface area contributed by atoms with Crippen molar-refractivity contribution in [2.75, 3.05) is 13.1 Å². The summed E-state index contributed by atoms with van der Waals surface area (Å²) in [5.41, 5.74) is 0.139. The fraction of sp³-hybridized carbons (Fsp3) is 0.867. The van der Waals surface area contributed by atoms with Gasteiger partial charge in [-0.05, 0) is 17.3 Å². The monoisotopic (exact) mass is 268 g/mol. The van der Waals surface area contributed by atoms with E-state index < -0.39 is 0 Å². The molecule has 0 aromatic rings. The molecule has 0 radical (unpaired) electrons. The molecule has 0 aliphatic carbocycles. The molecule has 1 fully saturated rings. The Bertz CT molecular complexity index is 347. The van der Waals surface area contributed by atoms with Crippen LogP contribution < -0.4 is 5.32 Å². The quantitative estimate of drug-likeness (QED) is 0.848. The first-order chi connectivity index (χ1) is 8.66. The number of carbonyl (C=O) groups excluding carboxylic acids is 2. The van der Waals surface area contributed by atoms with E-state index in [4.69, 9.17) is 0 Å². The summed E-state index contributed by atoms with van der Waals surface area (Å²) in [5, 5.41) is 2.83. The first-order valence-corrected chi connectivity index (χ1v) is 7.25. The number of carbonyl (C=O) groups is 2. The molecule has 2 amide bonds. The summed E-state index contributed by atoms with van der Waals surface area (Å²) < 4.78 is 0. The Balaban J connectivity index is 2.78. The van der Waals surface area contributed by atoms with Gasteiger partial charge in [-0.3, -0.25) is 9.59 Å². The molecular formula is C15H28N2O2. The fourth-order valence-electron chi connectivity index (χ4n) is 2.11. The Morgan fingerprint density at radius 3 is 2.37 bits per heavy atom.